The van der Waals surface area contributed by atoms with E-state index in [-0.39, 0.29) is 0 Å². The first-order chi connectivity index (χ1) is 8.28. The quantitative estimate of drug-likeness (QED) is 0.863. The Kier molecular flexibility index (Phi) is 4.43. The largest absolute Gasteiger partial charge is 0.497 e. The van der Waals surface area contributed by atoms with E-state index in [1.54, 1.807) is 7.11 Å². The lowest BCUT2D eigenvalue weighted by Crippen LogP contribution is -2.36. The molecule has 2 heteroatoms. The molecule has 1 aliphatic rings. The fraction of sp³-hybridized carbons (Fsp3) is 0.600. The van der Waals surface area contributed by atoms with E-state index in [4.69, 9.17) is 4.74 Å². The topological polar surface area (TPSA) is 21.3 Å². The second-order valence-corrected chi connectivity index (χ2v) is 5.14. The molecule has 17 heavy (non-hydrogen) atoms. The van der Waals surface area contributed by atoms with Gasteiger partial charge >= 0.3 is 0 Å². The third-order valence-electron chi connectivity index (χ3n) is 3.76. The van der Waals surface area contributed by atoms with Crippen molar-refractivity contribution in [2.75, 3.05) is 13.7 Å². The van der Waals surface area contributed by atoms with Crippen LogP contribution in [0.5, 0.6) is 5.75 Å². The molecule has 1 aromatic carbocycles. The Morgan fingerprint density at radius 2 is 2.00 bits per heavy atom. The Morgan fingerprint density at radius 3 is 2.59 bits per heavy atom. The maximum atomic E-state index is 5.17. The molecule has 0 aromatic heterocycles. The van der Waals surface area contributed by atoms with Crippen molar-refractivity contribution in [3.8, 4) is 5.75 Å². The normalized spacial score (nSPS) is 24.6. The van der Waals surface area contributed by atoms with Crippen LogP contribution in [0, 0.1) is 5.92 Å². The minimum absolute atomic E-state index is 0.715. The van der Waals surface area contributed by atoms with Crippen LogP contribution < -0.4 is 10.1 Å². The van der Waals surface area contributed by atoms with Crippen LogP contribution in [0.15, 0.2) is 24.3 Å². The number of hydrogen-bond acceptors (Lipinski definition) is 2. The summed E-state index contributed by atoms with van der Waals surface area (Å²) in [5, 5.41) is 3.57. The smallest absolute Gasteiger partial charge is 0.118 e. The Balaban J connectivity index is 1.77. The molecular formula is C15H23NO. The lowest BCUT2D eigenvalue weighted by Gasteiger charge is -2.27. The third-order valence-corrected chi connectivity index (χ3v) is 3.76. The molecule has 1 fully saturated rings. The van der Waals surface area contributed by atoms with Crippen molar-refractivity contribution in [3.63, 3.8) is 0 Å². The molecule has 2 nitrogen and oxygen atoms in total. The molecule has 0 amide bonds. The van der Waals surface area contributed by atoms with E-state index >= 15 is 0 Å². The van der Waals surface area contributed by atoms with Crippen LogP contribution in [0.4, 0.5) is 0 Å². The highest BCUT2D eigenvalue weighted by molar-refractivity contribution is 5.27. The van der Waals surface area contributed by atoms with Gasteiger partial charge in [-0.25, -0.2) is 0 Å². The summed E-state index contributed by atoms with van der Waals surface area (Å²) in [7, 11) is 1.71. The number of nitrogens with one attached hydrogen (secondary N) is 1. The average molecular weight is 233 g/mol. The van der Waals surface area contributed by atoms with Crippen LogP contribution in [-0.4, -0.2) is 19.7 Å². The number of hydrogen-bond donors (Lipinski definition) is 1. The summed E-state index contributed by atoms with van der Waals surface area (Å²) in [6.45, 7) is 3.47. The SMILES string of the molecule is COc1ccc(CCC2CCC(C)NC2)cc1. The van der Waals surface area contributed by atoms with Gasteiger partial charge in [0.15, 0.2) is 0 Å². The van der Waals surface area contributed by atoms with Gasteiger partial charge in [0.2, 0.25) is 0 Å². The third kappa shape index (κ3) is 3.74. The van der Waals surface area contributed by atoms with Gasteiger partial charge in [-0.15, -0.1) is 0 Å². The lowest BCUT2D eigenvalue weighted by atomic mass is 9.90. The van der Waals surface area contributed by atoms with Crippen molar-refractivity contribution in [1.29, 1.82) is 0 Å². The first-order valence-electron chi connectivity index (χ1n) is 6.64. The predicted octanol–water partition coefficient (Wildman–Crippen LogP) is 3.02. The van der Waals surface area contributed by atoms with Gasteiger partial charge in [0, 0.05) is 6.04 Å². The molecular weight excluding hydrogens is 210 g/mol. The molecule has 1 aromatic rings. The molecule has 1 heterocycles. The zero-order valence-electron chi connectivity index (χ0n) is 10.9. The highest BCUT2D eigenvalue weighted by Gasteiger charge is 2.16. The van der Waals surface area contributed by atoms with Crippen LogP contribution in [0.2, 0.25) is 0 Å². The van der Waals surface area contributed by atoms with Gasteiger partial charge in [0.1, 0.15) is 5.75 Å². The standard InChI is InChI=1S/C15H23NO/c1-12-3-4-14(11-16-12)6-5-13-7-9-15(17-2)10-8-13/h7-10,12,14,16H,3-6,11H2,1-2H3. The van der Waals surface area contributed by atoms with E-state index in [0.29, 0.717) is 6.04 Å². The highest BCUT2D eigenvalue weighted by Crippen LogP contribution is 2.20. The second-order valence-electron chi connectivity index (χ2n) is 5.14. The molecule has 1 saturated heterocycles. The summed E-state index contributed by atoms with van der Waals surface area (Å²) in [6, 6.07) is 9.18. The number of benzene rings is 1. The van der Waals surface area contributed by atoms with Crippen LogP contribution in [0.3, 0.4) is 0 Å². The van der Waals surface area contributed by atoms with Gasteiger partial charge in [-0.3, -0.25) is 0 Å². The first kappa shape index (κ1) is 12.4. The number of aryl methyl sites for hydroxylation is 1. The fourth-order valence-electron chi connectivity index (χ4n) is 2.47. The summed E-state index contributed by atoms with van der Waals surface area (Å²) in [6.07, 6.45) is 5.19. The molecule has 1 aliphatic heterocycles. The molecule has 0 saturated carbocycles. The van der Waals surface area contributed by atoms with E-state index in [0.717, 1.165) is 11.7 Å². The molecule has 0 aliphatic carbocycles. The molecule has 0 radical (unpaired) electrons. The van der Waals surface area contributed by atoms with Crippen molar-refractivity contribution >= 4 is 0 Å². The summed E-state index contributed by atoms with van der Waals surface area (Å²) < 4.78 is 5.17. The first-order valence-corrected chi connectivity index (χ1v) is 6.64. The van der Waals surface area contributed by atoms with Gasteiger partial charge in [0.05, 0.1) is 7.11 Å². The second kappa shape index (κ2) is 6.06. The minimum atomic E-state index is 0.715. The lowest BCUT2D eigenvalue weighted by molar-refractivity contribution is 0.309. The van der Waals surface area contributed by atoms with Crippen molar-refractivity contribution in [1.82, 2.24) is 5.32 Å². The molecule has 2 rings (SSSR count). The summed E-state index contributed by atoms with van der Waals surface area (Å²) in [5.74, 6) is 1.80. The minimum Gasteiger partial charge on any atom is -0.497 e. The van der Waals surface area contributed by atoms with E-state index in [9.17, 15) is 0 Å². The van der Waals surface area contributed by atoms with Crippen LogP contribution in [0.1, 0.15) is 31.7 Å². The van der Waals surface area contributed by atoms with Crippen molar-refractivity contribution in [2.24, 2.45) is 5.92 Å². The summed E-state index contributed by atoms with van der Waals surface area (Å²) >= 11 is 0. The summed E-state index contributed by atoms with van der Waals surface area (Å²) in [4.78, 5) is 0. The van der Waals surface area contributed by atoms with E-state index in [1.807, 2.05) is 0 Å². The number of piperidine rings is 1. The number of methoxy groups -OCH3 is 1. The maximum absolute atomic E-state index is 5.17. The van der Waals surface area contributed by atoms with Crippen LogP contribution in [0.25, 0.3) is 0 Å². The van der Waals surface area contributed by atoms with Crippen LogP contribution >= 0.6 is 0 Å². The number of ether oxygens (including phenoxy) is 1. The average Bonchev–Trinajstić information content (AvgIpc) is 2.39. The van der Waals surface area contributed by atoms with E-state index < -0.39 is 0 Å². The highest BCUT2D eigenvalue weighted by atomic mass is 16.5. The van der Waals surface area contributed by atoms with Gasteiger partial charge in [-0.05, 0) is 62.8 Å². The van der Waals surface area contributed by atoms with Crippen molar-refractivity contribution in [2.45, 2.75) is 38.6 Å². The van der Waals surface area contributed by atoms with E-state index in [1.165, 1.54) is 37.8 Å². The monoisotopic (exact) mass is 233 g/mol. The molecule has 1 N–H and O–H groups in total. The van der Waals surface area contributed by atoms with E-state index in [2.05, 4.69) is 36.5 Å². The maximum Gasteiger partial charge on any atom is 0.118 e. The van der Waals surface area contributed by atoms with Gasteiger partial charge in [-0.2, -0.15) is 0 Å². The van der Waals surface area contributed by atoms with Gasteiger partial charge < -0.3 is 10.1 Å². The predicted molar refractivity (Wildman–Crippen MR) is 71.5 cm³/mol. The molecule has 2 unspecified atom stereocenters. The zero-order valence-corrected chi connectivity index (χ0v) is 10.9. The van der Waals surface area contributed by atoms with Crippen molar-refractivity contribution in [3.05, 3.63) is 29.8 Å². The Morgan fingerprint density at radius 1 is 1.24 bits per heavy atom. The Bertz CT molecular complexity index is 325. The Hall–Kier alpha value is -1.02. The zero-order chi connectivity index (χ0) is 12.1. The van der Waals surface area contributed by atoms with Gasteiger partial charge in [-0.1, -0.05) is 12.1 Å². The van der Waals surface area contributed by atoms with Crippen molar-refractivity contribution < 1.29 is 4.74 Å². The fourth-order valence-corrected chi connectivity index (χ4v) is 2.47. The molecule has 94 valence electrons. The molecule has 0 spiro atoms. The van der Waals surface area contributed by atoms with Gasteiger partial charge in [0.25, 0.3) is 0 Å². The number of rotatable bonds is 4. The Labute approximate surface area is 104 Å². The molecule has 2 atom stereocenters. The summed E-state index contributed by atoms with van der Waals surface area (Å²) in [5.41, 5.74) is 1.42. The van der Waals surface area contributed by atoms with Crippen LogP contribution in [-0.2, 0) is 6.42 Å². The molecule has 0 bridgehead atoms.